The van der Waals surface area contributed by atoms with Crippen molar-refractivity contribution in [3.8, 4) is 5.75 Å². The van der Waals surface area contributed by atoms with Crippen LogP contribution in [0.1, 0.15) is 38.2 Å². The van der Waals surface area contributed by atoms with E-state index in [-0.39, 0.29) is 0 Å². The molecule has 0 amide bonds. The summed E-state index contributed by atoms with van der Waals surface area (Å²) in [6.45, 7) is 4.43. The molecule has 0 bridgehead atoms. The molecule has 0 aliphatic heterocycles. The molecule has 0 atom stereocenters. The summed E-state index contributed by atoms with van der Waals surface area (Å²) >= 11 is 2.35. The van der Waals surface area contributed by atoms with Gasteiger partial charge in [-0.25, -0.2) is 0 Å². The fourth-order valence-electron chi connectivity index (χ4n) is 1.36. The van der Waals surface area contributed by atoms with E-state index in [1.165, 1.54) is 22.0 Å². The van der Waals surface area contributed by atoms with E-state index in [0.717, 1.165) is 5.75 Å². The molecule has 1 aromatic rings. The largest absolute Gasteiger partial charge is 0.490 e. The van der Waals surface area contributed by atoms with Gasteiger partial charge in [-0.3, -0.25) is 0 Å². The van der Waals surface area contributed by atoms with Gasteiger partial charge in [0, 0.05) is 3.57 Å². The molecule has 0 radical (unpaired) electrons. The molecule has 76 valence electrons. The molecule has 0 saturated heterocycles. The van der Waals surface area contributed by atoms with Crippen LogP contribution >= 0.6 is 22.6 Å². The monoisotopic (exact) mass is 302 g/mol. The van der Waals surface area contributed by atoms with Gasteiger partial charge in [0.05, 0.1) is 6.10 Å². The van der Waals surface area contributed by atoms with E-state index in [1.54, 1.807) is 0 Å². The van der Waals surface area contributed by atoms with Crippen molar-refractivity contribution in [2.45, 2.75) is 38.7 Å². The number of hydrogen-bond acceptors (Lipinski definition) is 1. The highest BCUT2D eigenvalue weighted by Gasteiger charge is 2.23. The van der Waals surface area contributed by atoms with E-state index in [0.29, 0.717) is 12.0 Å². The highest BCUT2D eigenvalue weighted by molar-refractivity contribution is 14.1. The van der Waals surface area contributed by atoms with Crippen LogP contribution < -0.4 is 4.74 Å². The fraction of sp³-hybridized carbons (Fsp3) is 0.500. The van der Waals surface area contributed by atoms with E-state index in [9.17, 15) is 0 Å². The molecule has 0 unspecified atom stereocenters. The second kappa shape index (κ2) is 4.09. The van der Waals surface area contributed by atoms with Crippen molar-refractivity contribution in [1.29, 1.82) is 0 Å². The Balaban J connectivity index is 2.21. The molecule has 1 aliphatic rings. The van der Waals surface area contributed by atoms with Crippen LogP contribution in [-0.4, -0.2) is 6.10 Å². The second-order valence-corrected chi connectivity index (χ2v) is 5.44. The molecule has 1 aliphatic carbocycles. The molecule has 1 saturated carbocycles. The van der Waals surface area contributed by atoms with E-state index in [1.807, 2.05) is 0 Å². The van der Waals surface area contributed by atoms with Crippen LogP contribution in [0.4, 0.5) is 0 Å². The molecule has 2 heteroatoms. The zero-order valence-corrected chi connectivity index (χ0v) is 10.7. The Morgan fingerprint density at radius 3 is 2.57 bits per heavy atom. The van der Waals surface area contributed by atoms with Crippen LogP contribution in [0.3, 0.4) is 0 Å². The predicted octanol–water partition coefficient (Wildman–Crippen LogP) is 3.96. The van der Waals surface area contributed by atoms with Gasteiger partial charge in [0.1, 0.15) is 5.75 Å². The van der Waals surface area contributed by atoms with E-state index < -0.39 is 0 Å². The minimum Gasteiger partial charge on any atom is -0.490 e. The highest BCUT2D eigenvalue weighted by atomic mass is 127. The van der Waals surface area contributed by atoms with Crippen molar-refractivity contribution in [2.75, 3.05) is 0 Å². The summed E-state index contributed by atoms with van der Waals surface area (Å²) in [5, 5.41) is 0. The molecule has 1 nitrogen and oxygen atoms in total. The number of hydrogen-bond donors (Lipinski definition) is 0. The van der Waals surface area contributed by atoms with Crippen LogP contribution in [0.25, 0.3) is 0 Å². The summed E-state index contributed by atoms with van der Waals surface area (Å²) in [6.07, 6.45) is 2.94. The molecule has 2 rings (SSSR count). The van der Waals surface area contributed by atoms with Gasteiger partial charge in [0.2, 0.25) is 0 Å². The number of ether oxygens (including phenoxy) is 1. The molecular formula is C12H15IO. The summed E-state index contributed by atoms with van der Waals surface area (Å²) in [6, 6.07) is 6.51. The SMILES string of the molecule is CC(C)c1cc(I)cc(OC2CC2)c1. The smallest absolute Gasteiger partial charge is 0.121 e. The quantitative estimate of drug-likeness (QED) is 0.768. The molecule has 1 fully saturated rings. The zero-order chi connectivity index (χ0) is 10.1. The van der Waals surface area contributed by atoms with Gasteiger partial charge in [-0.15, -0.1) is 0 Å². The summed E-state index contributed by atoms with van der Waals surface area (Å²) < 4.78 is 7.06. The van der Waals surface area contributed by atoms with Gasteiger partial charge in [-0.1, -0.05) is 13.8 Å². The number of rotatable bonds is 3. The first-order valence-corrected chi connectivity index (χ1v) is 6.20. The normalized spacial score (nSPS) is 16.0. The van der Waals surface area contributed by atoms with Gasteiger partial charge in [-0.05, 0) is 65.1 Å². The molecule has 0 spiro atoms. The summed E-state index contributed by atoms with van der Waals surface area (Å²) in [5.41, 5.74) is 1.37. The first-order chi connectivity index (χ1) is 6.65. The minimum absolute atomic E-state index is 0.494. The van der Waals surface area contributed by atoms with Crippen molar-refractivity contribution in [2.24, 2.45) is 0 Å². The van der Waals surface area contributed by atoms with Gasteiger partial charge in [0.15, 0.2) is 0 Å². The lowest BCUT2D eigenvalue weighted by atomic mass is 10.0. The molecular weight excluding hydrogens is 287 g/mol. The second-order valence-electron chi connectivity index (χ2n) is 4.19. The van der Waals surface area contributed by atoms with E-state index >= 15 is 0 Å². The maximum atomic E-state index is 5.79. The van der Waals surface area contributed by atoms with Crippen LogP contribution in [0, 0.1) is 3.57 Å². The lowest BCUT2D eigenvalue weighted by Crippen LogP contribution is -1.98. The lowest BCUT2D eigenvalue weighted by Gasteiger charge is -2.10. The van der Waals surface area contributed by atoms with Crippen molar-refractivity contribution in [3.63, 3.8) is 0 Å². The van der Waals surface area contributed by atoms with Gasteiger partial charge in [-0.2, -0.15) is 0 Å². The van der Waals surface area contributed by atoms with E-state index in [4.69, 9.17) is 4.74 Å². The topological polar surface area (TPSA) is 9.23 Å². The summed E-state index contributed by atoms with van der Waals surface area (Å²) in [7, 11) is 0. The Kier molecular flexibility index (Phi) is 3.00. The van der Waals surface area contributed by atoms with Crippen LogP contribution in [-0.2, 0) is 0 Å². The first kappa shape index (κ1) is 10.3. The Morgan fingerprint density at radius 1 is 1.29 bits per heavy atom. The fourth-order valence-corrected chi connectivity index (χ4v) is 2.03. The van der Waals surface area contributed by atoms with E-state index in [2.05, 4.69) is 54.6 Å². The average molecular weight is 302 g/mol. The third-order valence-corrected chi connectivity index (χ3v) is 3.01. The first-order valence-electron chi connectivity index (χ1n) is 5.12. The van der Waals surface area contributed by atoms with Crippen LogP contribution in [0.2, 0.25) is 0 Å². The average Bonchev–Trinajstić information content (AvgIpc) is 2.87. The number of benzene rings is 1. The Hall–Kier alpha value is -0.250. The Bertz CT molecular complexity index is 329. The van der Waals surface area contributed by atoms with Gasteiger partial charge >= 0.3 is 0 Å². The zero-order valence-electron chi connectivity index (χ0n) is 8.59. The molecule has 0 N–H and O–H groups in total. The van der Waals surface area contributed by atoms with Gasteiger partial charge in [0.25, 0.3) is 0 Å². The highest BCUT2D eigenvalue weighted by Crippen LogP contribution is 2.30. The summed E-state index contributed by atoms with van der Waals surface area (Å²) in [4.78, 5) is 0. The minimum atomic E-state index is 0.494. The van der Waals surface area contributed by atoms with Crippen LogP contribution in [0.5, 0.6) is 5.75 Å². The molecule has 0 heterocycles. The molecule has 1 aromatic carbocycles. The maximum Gasteiger partial charge on any atom is 0.121 e. The number of halogens is 1. The predicted molar refractivity (Wildman–Crippen MR) is 66.9 cm³/mol. The van der Waals surface area contributed by atoms with Crippen LogP contribution in [0.15, 0.2) is 18.2 Å². The van der Waals surface area contributed by atoms with Crippen molar-refractivity contribution < 1.29 is 4.74 Å². The lowest BCUT2D eigenvalue weighted by molar-refractivity contribution is 0.302. The van der Waals surface area contributed by atoms with Gasteiger partial charge < -0.3 is 4.74 Å². The standard InChI is InChI=1S/C12H15IO/c1-8(2)9-5-10(13)7-12(6-9)14-11-3-4-11/h5-8,11H,3-4H2,1-2H3. The Morgan fingerprint density at radius 2 is 2.00 bits per heavy atom. The Labute approximate surface area is 99.0 Å². The molecule has 14 heavy (non-hydrogen) atoms. The third-order valence-electron chi connectivity index (χ3n) is 2.39. The summed E-state index contributed by atoms with van der Waals surface area (Å²) in [5.74, 6) is 1.62. The van der Waals surface area contributed by atoms with Crippen molar-refractivity contribution >= 4 is 22.6 Å². The van der Waals surface area contributed by atoms with Crippen molar-refractivity contribution in [3.05, 3.63) is 27.3 Å². The maximum absolute atomic E-state index is 5.79. The molecule has 0 aromatic heterocycles. The van der Waals surface area contributed by atoms with Crippen molar-refractivity contribution in [1.82, 2.24) is 0 Å². The third kappa shape index (κ3) is 2.62.